The second-order valence-electron chi connectivity index (χ2n) is 4.55. The summed E-state index contributed by atoms with van der Waals surface area (Å²) in [7, 11) is 1.25. The summed E-state index contributed by atoms with van der Waals surface area (Å²) in [6, 6.07) is 9.05. The first-order valence-corrected chi connectivity index (χ1v) is 6.48. The van der Waals surface area contributed by atoms with Gasteiger partial charge in [0.05, 0.1) is 24.0 Å². The molecule has 1 aromatic carbocycles. The Morgan fingerprint density at radius 3 is 2.83 bits per heavy atom. The molecular weight excluding hydrogens is 298 g/mol. The molecule has 0 aliphatic rings. The molecule has 0 saturated heterocycles. The monoisotopic (exact) mass is 309 g/mol. The van der Waals surface area contributed by atoms with E-state index in [1.807, 2.05) is 6.07 Å². The highest BCUT2D eigenvalue weighted by Crippen LogP contribution is 2.25. The number of hydrogen-bond donors (Lipinski definition) is 1. The fourth-order valence-electron chi connectivity index (χ4n) is 2.18. The Morgan fingerprint density at radius 2 is 2.17 bits per heavy atom. The zero-order chi connectivity index (χ0) is 16.4. The average Bonchev–Trinajstić information content (AvgIpc) is 3.22. The van der Waals surface area contributed by atoms with Crippen molar-refractivity contribution in [3.63, 3.8) is 0 Å². The number of tetrazole rings is 1. The molecule has 0 amide bonds. The van der Waals surface area contributed by atoms with Crippen molar-refractivity contribution in [2.75, 3.05) is 12.8 Å². The van der Waals surface area contributed by atoms with Gasteiger partial charge >= 0.3 is 5.97 Å². The maximum Gasteiger partial charge on any atom is 0.357 e. The number of nitriles is 1. The van der Waals surface area contributed by atoms with Gasteiger partial charge in [0.1, 0.15) is 12.4 Å². The van der Waals surface area contributed by atoms with Gasteiger partial charge in [0.2, 0.25) is 0 Å². The van der Waals surface area contributed by atoms with Crippen molar-refractivity contribution in [1.29, 1.82) is 5.26 Å². The summed E-state index contributed by atoms with van der Waals surface area (Å²) in [5, 5.41) is 20.1. The number of carbonyl (C=O) groups is 1. The molecule has 3 rings (SSSR count). The number of anilines is 1. The lowest BCUT2D eigenvalue weighted by Gasteiger charge is -2.09. The molecule has 9 heteroatoms. The molecule has 23 heavy (non-hydrogen) atoms. The molecule has 9 nitrogen and oxygen atoms in total. The molecule has 2 N–H and O–H groups in total. The number of esters is 1. The summed E-state index contributed by atoms with van der Waals surface area (Å²) >= 11 is 0. The van der Waals surface area contributed by atoms with E-state index >= 15 is 0 Å². The van der Waals surface area contributed by atoms with Gasteiger partial charge in [-0.05, 0) is 28.6 Å². The van der Waals surface area contributed by atoms with Gasteiger partial charge in [-0.1, -0.05) is 6.07 Å². The van der Waals surface area contributed by atoms with Crippen LogP contribution in [0.3, 0.4) is 0 Å². The van der Waals surface area contributed by atoms with Crippen molar-refractivity contribution >= 4 is 11.7 Å². The van der Waals surface area contributed by atoms with Gasteiger partial charge in [-0.25, -0.2) is 9.48 Å². The quantitative estimate of drug-likeness (QED) is 0.706. The highest BCUT2D eigenvalue weighted by atomic mass is 16.5. The van der Waals surface area contributed by atoms with Crippen molar-refractivity contribution in [1.82, 2.24) is 24.8 Å². The Bertz CT molecular complexity index is 906. The fraction of sp³-hybridized carbons (Fsp3) is 0.0714. The molecule has 0 bridgehead atoms. The zero-order valence-electron chi connectivity index (χ0n) is 12.0. The number of hydrogen-bond acceptors (Lipinski definition) is 7. The molecule has 0 unspecified atom stereocenters. The van der Waals surface area contributed by atoms with Gasteiger partial charge in [0, 0.05) is 11.9 Å². The minimum absolute atomic E-state index is 0.0761. The first-order valence-electron chi connectivity index (χ1n) is 6.48. The molecule has 0 radical (unpaired) electrons. The minimum Gasteiger partial charge on any atom is -0.464 e. The van der Waals surface area contributed by atoms with Gasteiger partial charge in [-0.15, -0.1) is 5.10 Å². The van der Waals surface area contributed by atoms with Crippen molar-refractivity contribution in [2.45, 2.75) is 0 Å². The van der Waals surface area contributed by atoms with Crippen molar-refractivity contribution in [2.24, 2.45) is 0 Å². The molecule has 0 spiro atoms. The maximum atomic E-state index is 12.0. The molecule has 2 heterocycles. The van der Waals surface area contributed by atoms with E-state index in [2.05, 4.69) is 15.5 Å². The Labute approximate surface area is 130 Å². The third kappa shape index (κ3) is 2.38. The standard InChI is InChI=1S/C14H11N7O2/c1-23-14(22)13-12(16)9(6-15)7-20(13)10-3-2-4-11(5-10)21-8-17-18-19-21/h2-5,7-8H,16H2,1H3. The number of ether oxygens (including phenoxy) is 1. The first-order chi connectivity index (χ1) is 11.2. The molecular formula is C14H11N7O2. The van der Waals surface area contributed by atoms with Gasteiger partial charge in [-0.3, -0.25) is 0 Å². The number of nitrogens with two attached hydrogens (primary N) is 1. The number of rotatable bonds is 3. The van der Waals surface area contributed by atoms with E-state index in [1.165, 1.54) is 28.9 Å². The van der Waals surface area contributed by atoms with Gasteiger partial charge in [0.25, 0.3) is 0 Å². The van der Waals surface area contributed by atoms with Crippen LogP contribution in [-0.2, 0) is 4.74 Å². The number of aromatic nitrogens is 5. The summed E-state index contributed by atoms with van der Waals surface area (Å²) in [5.41, 5.74) is 7.55. The summed E-state index contributed by atoms with van der Waals surface area (Å²) in [6.07, 6.45) is 2.94. The van der Waals surface area contributed by atoms with Gasteiger partial charge in [-0.2, -0.15) is 5.26 Å². The van der Waals surface area contributed by atoms with Gasteiger partial charge in [0.15, 0.2) is 5.69 Å². The summed E-state index contributed by atoms with van der Waals surface area (Å²) in [6.45, 7) is 0. The number of methoxy groups -OCH3 is 1. The molecule has 2 aromatic heterocycles. The van der Waals surface area contributed by atoms with Crippen LogP contribution in [0.5, 0.6) is 0 Å². The molecule has 0 aliphatic carbocycles. The Morgan fingerprint density at radius 1 is 1.39 bits per heavy atom. The highest BCUT2D eigenvalue weighted by molar-refractivity contribution is 5.95. The first kappa shape index (κ1) is 14.3. The SMILES string of the molecule is COC(=O)c1c(N)c(C#N)cn1-c1cccc(-n2cnnn2)c1. The van der Waals surface area contributed by atoms with E-state index in [0.717, 1.165) is 0 Å². The summed E-state index contributed by atoms with van der Waals surface area (Å²) in [5.74, 6) is -0.628. The number of nitrogen functional groups attached to an aromatic ring is 1. The lowest BCUT2D eigenvalue weighted by Crippen LogP contribution is -2.11. The van der Waals surface area contributed by atoms with E-state index in [4.69, 9.17) is 15.7 Å². The molecule has 0 atom stereocenters. The molecule has 0 fully saturated rings. The maximum absolute atomic E-state index is 12.0. The molecule has 0 saturated carbocycles. The number of nitrogens with zero attached hydrogens (tertiary/aromatic N) is 6. The van der Waals surface area contributed by atoms with E-state index < -0.39 is 5.97 Å². The van der Waals surface area contributed by atoms with E-state index in [9.17, 15) is 4.79 Å². The highest BCUT2D eigenvalue weighted by Gasteiger charge is 2.21. The van der Waals surface area contributed by atoms with Crippen molar-refractivity contribution < 1.29 is 9.53 Å². The summed E-state index contributed by atoms with van der Waals surface area (Å²) in [4.78, 5) is 12.0. The number of benzene rings is 1. The van der Waals surface area contributed by atoms with E-state index in [0.29, 0.717) is 11.4 Å². The van der Waals surface area contributed by atoms with Crippen LogP contribution in [-0.4, -0.2) is 37.9 Å². The lowest BCUT2D eigenvalue weighted by atomic mass is 10.2. The van der Waals surface area contributed by atoms with E-state index in [1.54, 1.807) is 24.3 Å². The second kappa shape index (κ2) is 5.61. The normalized spacial score (nSPS) is 10.3. The zero-order valence-corrected chi connectivity index (χ0v) is 12.0. The summed E-state index contributed by atoms with van der Waals surface area (Å²) < 4.78 is 7.73. The van der Waals surface area contributed by atoms with Crippen LogP contribution in [0.15, 0.2) is 36.8 Å². The third-order valence-electron chi connectivity index (χ3n) is 3.27. The van der Waals surface area contributed by atoms with Crippen LogP contribution in [0.4, 0.5) is 5.69 Å². The largest absolute Gasteiger partial charge is 0.464 e. The topological polar surface area (TPSA) is 125 Å². The third-order valence-corrected chi connectivity index (χ3v) is 3.27. The Kier molecular flexibility index (Phi) is 3.48. The smallest absolute Gasteiger partial charge is 0.357 e. The van der Waals surface area contributed by atoms with Crippen LogP contribution in [0, 0.1) is 11.3 Å². The van der Waals surface area contributed by atoms with Crippen LogP contribution in [0.1, 0.15) is 16.1 Å². The second-order valence-corrected chi connectivity index (χ2v) is 4.55. The van der Waals surface area contributed by atoms with Crippen molar-refractivity contribution in [3.05, 3.63) is 48.0 Å². The van der Waals surface area contributed by atoms with Crippen LogP contribution < -0.4 is 5.73 Å². The van der Waals surface area contributed by atoms with Gasteiger partial charge < -0.3 is 15.0 Å². The van der Waals surface area contributed by atoms with Crippen LogP contribution in [0.2, 0.25) is 0 Å². The lowest BCUT2D eigenvalue weighted by molar-refractivity contribution is 0.0593. The molecule has 3 aromatic rings. The van der Waals surface area contributed by atoms with Crippen LogP contribution >= 0.6 is 0 Å². The molecule has 0 aliphatic heterocycles. The fourth-order valence-corrected chi connectivity index (χ4v) is 2.18. The van der Waals surface area contributed by atoms with Crippen LogP contribution in [0.25, 0.3) is 11.4 Å². The van der Waals surface area contributed by atoms with Crippen molar-refractivity contribution in [3.8, 4) is 17.4 Å². The molecule has 114 valence electrons. The minimum atomic E-state index is -0.628. The predicted molar refractivity (Wildman–Crippen MR) is 78.9 cm³/mol. The Hall–Kier alpha value is -3.67. The Balaban J connectivity index is 2.18. The predicted octanol–water partition coefficient (Wildman–Crippen LogP) is 0.693. The van der Waals surface area contributed by atoms with E-state index in [-0.39, 0.29) is 16.9 Å². The number of carbonyl (C=O) groups excluding carboxylic acids is 1. The average molecular weight is 309 g/mol.